The number of carboxylic acid groups (broad SMARTS) is 1. The van der Waals surface area contributed by atoms with Crippen molar-refractivity contribution in [3.8, 4) is 0 Å². The SMILES string of the molecule is CCCCCCCCC/C=C/C=C/C=C/C=C/C=C/C=C/C(=O)O.CCCCCCCCC/C=C/C=C/C=C/C=C/C=C/C=C/C(=O)OC1CCCC2CC[C@H]3[C@H](CC[C@]4(C)[C@@H]([C@H](C)CC[C@@H](CC)C(C)C)CC[C@@H]34)[C@]21C. The van der Waals surface area contributed by atoms with E-state index in [2.05, 4.69) is 97.9 Å². The Balaban J connectivity index is 0.000000547. The summed E-state index contributed by atoms with van der Waals surface area (Å²) < 4.78 is 6.43. The zero-order chi connectivity index (χ0) is 55.8. The molecule has 0 saturated heterocycles. The van der Waals surface area contributed by atoms with Gasteiger partial charge in [-0.25, -0.2) is 9.59 Å². The summed E-state index contributed by atoms with van der Waals surface area (Å²) in [6, 6.07) is 0. The number of carboxylic acids is 1. The fraction of sp³-hybridized carbons (Fsp3) is 0.644. The van der Waals surface area contributed by atoms with Gasteiger partial charge in [0.2, 0.25) is 0 Å². The van der Waals surface area contributed by atoms with E-state index >= 15 is 0 Å². The molecule has 0 aliphatic heterocycles. The molecule has 10 atom stereocenters. The van der Waals surface area contributed by atoms with Crippen molar-refractivity contribution in [1.82, 2.24) is 0 Å². The molecule has 0 heterocycles. The molecule has 0 aromatic rings. The number of fused-ring (bicyclic) bond motifs is 5. The summed E-state index contributed by atoms with van der Waals surface area (Å²) in [5.41, 5.74) is 0.605. The van der Waals surface area contributed by atoms with E-state index in [9.17, 15) is 9.59 Å². The lowest BCUT2D eigenvalue weighted by molar-refractivity contribution is -0.188. The normalized spacial score (nSPS) is 26.9. The Kier molecular flexibility index (Phi) is 35.7. The first-order valence-corrected chi connectivity index (χ1v) is 31.9. The van der Waals surface area contributed by atoms with Crippen molar-refractivity contribution in [2.24, 2.45) is 58.2 Å². The highest BCUT2D eigenvalue weighted by Crippen LogP contribution is 2.68. The van der Waals surface area contributed by atoms with Crippen molar-refractivity contribution in [3.63, 3.8) is 0 Å². The Morgan fingerprint density at radius 3 is 1.49 bits per heavy atom. The second kappa shape index (κ2) is 40.9. The molecule has 4 nitrogen and oxygen atoms in total. The van der Waals surface area contributed by atoms with Gasteiger partial charge in [-0.2, -0.15) is 0 Å². The highest BCUT2D eigenvalue weighted by atomic mass is 16.5. The Bertz CT molecular complexity index is 1960. The van der Waals surface area contributed by atoms with E-state index < -0.39 is 5.97 Å². The van der Waals surface area contributed by atoms with Gasteiger partial charge in [0.15, 0.2) is 0 Å². The summed E-state index contributed by atoms with van der Waals surface area (Å²) in [5.74, 6) is 5.32. The molecule has 0 radical (unpaired) electrons. The monoisotopic (exact) mass is 1050 g/mol. The standard InChI is InChI=1S/C51H82O2.C22H32O2/c1-8-10-11-12-13-14-15-16-17-18-19-20-21-22-23-24-25-26-27-31-49(52)53-48-30-28-29-43-34-35-44-46-37-36-45(41(5)32-33-42(9-2)40(3)4)50(46,6)39-38-47(44)51(43,48)7;1-2-3-4-5-6-7-8-9-10-11-12-13-14-15-16-17-18-19-20-21-22(23)24/h17-27,31,40-48H,8-16,28-30,32-39H2,1-7H3;10-21H,2-9H2,1H3,(H,23,24)/b18-17+,20-19+,22-21+,24-23+,26-25+,31-27+;11-10+,13-12+,15-14+,17-16+,19-18+,21-20+/t41-,42-,43?,44-,45-,46+,47+,48?,50-,51+;/m1./s1. The zero-order valence-electron chi connectivity index (χ0n) is 50.5. The number of rotatable bonds is 35. The molecule has 4 heteroatoms. The third-order valence-electron chi connectivity index (χ3n) is 18.8. The molecule has 2 unspecified atom stereocenters. The van der Waals surface area contributed by atoms with Gasteiger partial charge in [-0.05, 0) is 143 Å². The van der Waals surface area contributed by atoms with Crippen LogP contribution < -0.4 is 0 Å². The van der Waals surface area contributed by atoms with Crippen LogP contribution >= 0.6 is 0 Å². The van der Waals surface area contributed by atoms with Crippen LogP contribution in [0.15, 0.2) is 146 Å². The van der Waals surface area contributed by atoms with Gasteiger partial charge in [-0.1, -0.05) is 279 Å². The minimum Gasteiger partial charge on any atom is -0.478 e. The summed E-state index contributed by atoms with van der Waals surface area (Å²) in [6.07, 6.45) is 83.6. The average Bonchev–Trinajstić information content (AvgIpc) is 3.93. The molecule has 1 N–H and O–H groups in total. The van der Waals surface area contributed by atoms with Crippen LogP contribution in [-0.2, 0) is 14.3 Å². The average molecular weight is 1060 g/mol. The van der Waals surface area contributed by atoms with Crippen molar-refractivity contribution in [2.45, 2.75) is 241 Å². The summed E-state index contributed by atoms with van der Waals surface area (Å²) in [6.45, 7) is 19.6. The third-order valence-corrected chi connectivity index (χ3v) is 18.8. The maximum absolute atomic E-state index is 13.2. The predicted octanol–water partition coefficient (Wildman–Crippen LogP) is 21.7. The molecule has 4 rings (SSSR count). The van der Waals surface area contributed by atoms with E-state index in [-0.39, 0.29) is 17.5 Å². The molecule has 0 bridgehead atoms. The lowest BCUT2D eigenvalue weighted by Crippen LogP contribution is -2.58. The second-order valence-corrected chi connectivity index (χ2v) is 24.4. The summed E-state index contributed by atoms with van der Waals surface area (Å²) in [5, 5.41) is 8.39. The number of ether oxygens (including phenoxy) is 1. The fourth-order valence-corrected chi connectivity index (χ4v) is 14.4. The van der Waals surface area contributed by atoms with E-state index in [4.69, 9.17) is 9.84 Å². The van der Waals surface area contributed by atoms with Gasteiger partial charge in [-0.15, -0.1) is 0 Å². The van der Waals surface area contributed by atoms with Crippen LogP contribution in [0.4, 0.5) is 0 Å². The van der Waals surface area contributed by atoms with Crippen LogP contribution in [0.5, 0.6) is 0 Å². The van der Waals surface area contributed by atoms with Gasteiger partial charge < -0.3 is 9.84 Å². The highest BCUT2D eigenvalue weighted by molar-refractivity contribution is 5.82. The molecule has 77 heavy (non-hydrogen) atoms. The number of hydrogen-bond donors (Lipinski definition) is 1. The number of esters is 1. The molecule has 0 aromatic carbocycles. The van der Waals surface area contributed by atoms with Gasteiger partial charge in [0.05, 0.1) is 0 Å². The molecule has 430 valence electrons. The topological polar surface area (TPSA) is 63.6 Å². The van der Waals surface area contributed by atoms with E-state index in [1.54, 1.807) is 18.2 Å². The molecule has 0 aromatic heterocycles. The molecule has 4 fully saturated rings. The van der Waals surface area contributed by atoms with E-state index in [1.807, 2.05) is 72.9 Å². The molecule has 4 aliphatic rings. The molecule has 0 spiro atoms. The van der Waals surface area contributed by atoms with Crippen molar-refractivity contribution in [1.29, 1.82) is 0 Å². The Morgan fingerprint density at radius 1 is 0.519 bits per heavy atom. The molecular formula is C73H114O4. The first-order chi connectivity index (χ1) is 37.4. The largest absolute Gasteiger partial charge is 0.478 e. The third kappa shape index (κ3) is 25.7. The van der Waals surface area contributed by atoms with E-state index in [0.29, 0.717) is 17.3 Å². The molecular weight excluding hydrogens is 941 g/mol. The second-order valence-electron chi connectivity index (χ2n) is 24.4. The Hall–Kier alpha value is -4.18. The van der Waals surface area contributed by atoms with E-state index in [0.717, 1.165) is 54.4 Å². The first-order valence-electron chi connectivity index (χ1n) is 31.9. The maximum atomic E-state index is 13.2. The number of unbranched alkanes of at least 4 members (excludes halogenated alkanes) is 14. The maximum Gasteiger partial charge on any atom is 0.331 e. The van der Waals surface area contributed by atoms with Gasteiger partial charge in [0.1, 0.15) is 6.10 Å². The summed E-state index contributed by atoms with van der Waals surface area (Å²) in [7, 11) is 0. The lowest BCUT2D eigenvalue weighted by atomic mass is 9.44. The molecule has 4 saturated carbocycles. The van der Waals surface area contributed by atoms with Gasteiger partial charge in [-0.3, -0.25) is 0 Å². The number of carbonyl (C=O) groups excluding carboxylic acids is 1. The number of aliphatic carboxylic acids is 1. The Morgan fingerprint density at radius 2 is 1.00 bits per heavy atom. The van der Waals surface area contributed by atoms with Crippen molar-refractivity contribution in [2.75, 3.05) is 0 Å². The van der Waals surface area contributed by atoms with Crippen molar-refractivity contribution < 1.29 is 19.4 Å². The van der Waals surface area contributed by atoms with Crippen LogP contribution in [0.2, 0.25) is 0 Å². The summed E-state index contributed by atoms with van der Waals surface area (Å²) in [4.78, 5) is 23.4. The first kappa shape index (κ1) is 67.1. The minimum atomic E-state index is -0.936. The number of hydrogen-bond acceptors (Lipinski definition) is 3. The van der Waals surface area contributed by atoms with Gasteiger partial charge >= 0.3 is 11.9 Å². The van der Waals surface area contributed by atoms with Crippen LogP contribution in [0.3, 0.4) is 0 Å². The fourth-order valence-electron chi connectivity index (χ4n) is 14.4. The quantitative estimate of drug-likeness (QED) is 0.0297. The predicted molar refractivity (Wildman–Crippen MR) is 335 cm³/mol. The van der Waals surface area contributed by atoms with Crippen LogP contribution in [0.1, 0.15) is 235 Å². The minimum absolute atomic E-state index is 0.0472. The molecule has 0 amide bonds. The lowest BCUT2D eigenvalue weighted by Gasteiger charge is -2.62. The number of allylic oxidation sites excluding steroid dienone is 22. The van der Waals surface area contributed by atoms with Crippen molar-refractivity contribution >= 4 is 11.9 Å². The smallest absolute Gasteiger partial charge is 0.331 e. The van der Waals surface area contributed by atoms with Crippen molar-refractivity contribution in [3.05, 3.63) is 146 Å². The Labute approximate surface area is 474 Å². The highest BCUT2D eigenvalue weighted by Gasteiger charge is 2.62. The van der Waals surface area contributed by atoms with Gasteiger partial charge in [0, 0.05) is 17.6 Å². The zero-order valence-corrected chi connectivity index (χ0v) is 50.5. The number of carbonyl (C=O) groups is 2. The van der Waals surface area contributed by atoms with Crippen LogP contribution in [0.25, 0.3) is 0 Å². The van der Waals surface area contributed by atoms with Gasteiger partial charge in [0.25, 0.3) is 0 Å². The summed E-state index contributed by atoms with van der Waals surface area (Å²) >= 11 is 0. The van der Waals surface area contributed by atoms with Crippen LogP contribution in [0, 0.1) is 58.2 Å². The molecule has 4 aliphatic carbocycles. The van der Waals surface area contributed by atoms with E-state index in [1.165, 1.54) is 173 Å². The van der Waals surface area contributed by atoms with Crippen LogP contribution in [-0.4, -0.2) is 23.1 Å².